The van der Waals surface area contributed by atoms with Crippen molar-refractivity contribution in [3.63, 3.8) is 0 Å². The largest absolute Gasteiger partial charge is 0.381 e. The van der Waals surface area contributed by atoms with Gasteiger partial charge in [0.15, 0.2) is 0 Å². The van der Waals surface area contributed by atoms with E-state index < -0.39 is 0 Å². The van der Waals surface area contributed by atoms with Crippen molar-refractivity contribution in [2.45, 2.75) is 32.4 Å². The maximum Gasteiger partial charge on any atom is 0.221 e. The van der Waals surface area contributed by atoms with E-state index in [1.807, 2.05) is 11.4 Å². The molecule has 94 valence electrons. The second-order valence-corrected chi connectivity index (χ2v) is 5.21. The summed E-state index contributed by atoms with van der Waals surface area (Å²) in [4.78, 5) is 12.2. The lowest BCUT2D eigenvalue weighted by Gasteiger charge is -2.23. The highest BCUT2D eigenvalue weighted by Crippen LogP contribution is 2.22. The van der Waals surface area contributed by atoms with Crippen LogP contribution in [-0.4, -0.2) is 25.2 Å². The van der Waals surface area contributed by atoms with E-state index in [0.29, 0.717) is 6.04 Å². The van der Waals surface area contributed by atoms with Gasteiger partial charge in [-0.05, 0) is 24.3 Å². The highest BCUT2D eigenvalue weighted by Gasteiger charge is 2.14. The van der Waals surface area contributed by atoms with E-state index in [0.717, 1.165) is 38.3 Å². The van der Waals surface area contributed by atoms with Crippen LogP contribution in [0.5, 0.6) is 0 Å². The molecule has 1 aliphatic rings. The number of carbonyl (C=O) groups excluding carboxylic acids is 1. The van der Waals surface area contributed by atoms with Gasteiger partial charge in [0, 0.05) is 37.6 Å². The maximum absolute atomic E-state index is 11.0. The molecule has 1 aromatic rings. The summed E-state index contributed by atoms with van der Waals surface area (Å²) >= 11 is 1.67. The molecule has 17 heavy (non-hydrogen) atoms. The maximum atomic E-state index is 11.0. The predicted molar refractivity (Wildman–Crippen MR) is 69.3 cm³/mol. The van der Waals surface area contributed by atoms with E-state index in [4.69, 9.17) is 4.74 Å². The molecule has 0 spiro atoms. The Balaban J connectivity index is 1.85. The third kappa shape index (κ3) is 3.80. The molecule has 4 nitrogen and oxygen atoms in total. The van der Waals surface area contributed by atoms with Crippen molar-refractivity contribution >= 4 is 22.9 Å². The van der Waals surface area contributed by atoms with Crippen LogP contribution in [0.1, 0.15) is 24.6 Å². The van der Waals surface area contributed by atoms with Gasteiger partial charge in [-0.15, -0.1) is 11.3 Å². The van der Waals surface area contributed by atoms with Crippen molar-refractivity contribution in [1.82, 2.24) is 5.32 Å². The molecule has 2 rings (SSSR count). The fourth-order valence-electron chi connectivity index (χ4n) is 1.92. The molecule has 0 unspecified atom stereocenters. The molecule has 0 radical (unpaired) electrons. The van der Waals surface area contributed by atoms with E-state index in [1.54, 1.807) is 11.3 Å². The molecule has 0 atom stereocenters. The summed E-state index contributed by atoms with van der Waals surface area (Å²) in [6.45, 7) is 4.05. The minimum absolute atomic E-state index is 0.0179. The molecule has 0 aliphatic carbocycles. The average Bonchev–Trinajstić information content (AvgIpc) is 2.74. The quantitative estimate of drug-likeness (QED) is 0.863. The lowest BCUT2D eigenvalue weighted by molar-refractivity contribution is -0.114. The Morgan fingerprint density at radius 3 is 3.00 bits per heavy atom. The standard InChI is InChI=1S/C12H18N2O2S/c1-9(15)14-11-4-7-17-12(11)8-13-10-2-5-16-6-3-10/h4,7,10,13H,2-3,5-6,8H2,1H3,(H,14,15). The molecule has 1 aromatic heterocycles. The van der Waals surface area contributed by atoms with Gasteiger partial charge in [-0.25, -0.2) is 0 Å². The second-order valence-electron chi connectivity index (χ2n) is 4.21. The molecule has 0 saturated carbocycles. The molecule has 5 heteroatoms. The molecule has 2 N–H and O–H groups in total. The summed E-state index contributed by atoms with van der Waals surface area (Å²) in [5.74, 6) is -0.0179. The number of thiophene rings is 1. The summed E-state index contributed by atoms with van der Waals surface area (Å²) in [6.07, 6.45) is 2.14. The van der Waals surface area contributed by atoms with Crippen molar-refractivity contribution in [3.05, 3.63) is 16.3 Å². The molecule has 1 amide bonds. The minimum atomic E-state index is -0.0179. The van der Waals surface area contributed by atoms with Gasteiger partial charge in [-0.2, -0.15) is 0 Å². The predicted octanol–water partition coefficient (Wildman–Crippen LogP) is 1.98. The number of ether oxygens (including phenoxy) is 1. The Labute approximate surface area is 105 Å². The van der Waals surface area contributed by atoms with E-state index >= 15 is 0 Å². The average molecular weight is 254 g/mol. The van der Waals surface area contributed by atoms with Crippen molar-refractivity contribution in [2.24, 2.45) is 0 Å². The van der Waals surface area contributed by atoms with Gasteiger partial charge in [-0.1, -0.05) is 0 Å². The van der Waals surface area contributed by atoms with E-state index in [1.165, 1.54) is 11.8 Å². The number of amides is 1. The number of carbonyl (C=O) groups is 1. The Morgan fingerprint density at radius 1 is 1.53 bits per heavy atom. The number of hydrogen-bond donors (Lipinski definition) is 2. The van der Waals surface area contributed by atoms with Crippen molar-refractivity contribution in [1.29, 1.82) is 0 Å². The summed E-state index contributed by atoms with van der Waals surface area (Å²) in [6, 6.07) is 2.49. The summed E-state index contributed by atoms with van der Waals surface area (Å²) in [7, 11) is 0. The van der Waals surface area contributed by atoms with Gasteiger partial charge in [0.05, 0.1) is 5.69 Å². The monoisotopic (exact) mass is 254 g/mol. The summed E-state index contributed by atoms with van der Waals surface area (Å²) in [5, 5.41) is 8.37. The van der Waals surface area contributed by atoms with Crippen LogP contribution in [0.4, 0.5) is 5.69 Å². The Kier molecular flexibility index (Phi) is 4.53. The number of nitrogens with one attached hydrogen (secondary N) is 2. The zero-order valence-corrected chi connectivity index (χ0v) is 10.8. The fourth-order valence-corrected chi connectivity index (χ4v) is 2.70. The molecule has 1 fully saturated rings. The smallest absolute Gasteiger partial charge is 0.221 e. The lowest BCUT2D eigenvalue weighted by atomic mass is 10.1. The van der Waals surface area contributed by atoms with Crippen molar-refractivity contribution in [3.8, 4) is 0 Å². The molecule has 0 aromatic carbocycles. The first-order chi connectivity index (χ1) is 8.25. The molecule has 0 bridgehead atoms. The first-order valence-electron chi connectivity index (χ1n) is 5.91. The van der Waals surface area contributed by atoms with E-state index in [-0.39, 0.29) is 5.91 Å². The van der Waals surface area contributed by atoms with Crippen LogP contribution in [0.2, 0.25) is 0 Å². The normalized spacial score (nSPS) is 17.0. The number of anilines is 1. The molecule has 1 aliphatic heterocycles. The highest BCUT2D eigenvalue weighted by atomic mass is 32.1. The number of hydrogen-bond acceptors (Lipinski definition) is 4. The van der Waals surface area contributed by atoms with Gasteiger partial charge in [-0.3, -0.25) is 4.79 Å². The first-order valence-corrected chi connectivity index (χ1v) is 6.79. The van der Waals surface area contributed by atoms with Gasteiger partial charge >= 0.3 is 0 Å². The Hall–Kier alpha value is -0.910. The SMILES string of the molecule is CC(=O)Nc1ccsc1CNC1CCOCC1. The van der Waals surface area contributed by atoms with Crippen molar-refractivity contribution in [2.75, 3.05) is 18.5 Å². The zero-order chi connectivity index (χ0) is 12.1. The molecule has 2 heterocycles. The Bertz CT molecular complexity index is 372. The van der Waals surface area contributed by atoms with Crippen LogP contribution in [0.25, 0.3) is 0 Å². The van der Waals surface area contributed by atoms with Gasteiger partial charge in [0.2, 0.25) is 5.91 Å². The van der Waals surface area contributed by atoms with Gasteiger partial charge in [0.25, 0.3) is 0 Å². The first kappa shape index (κ1) is 12.5. The minimum Gasteiger partial charge on any atom is -0.381 e. The fraction of sp³-hybridized carbons (Fsp3) is 0.583. The van der Waals surface area contributed by atoms with Crippen molar-refractivity contribution < 1.29 is 9.53 Å². The summed E-state index contributed by atoms with van der Waals surface area (Å²) < 4.78 is 5.32. The summed E-state index contributed by atoms with van der Waals surface area (Å²) in [5.41, 5.74) is 0.932. The number of rotatable bonds is 4. The van der Waals surface area contributed by atoms with Crippen LogP contribution in [0, 0.1) is 0 Å². The molecular weight excluding hydrogens is 236 g/mol. The third-order valence-corrected chi connectivity index (χ3v) is 3.75. The van der Waals surface area contributed by atoms with Gasteiger partial charge < -0.3 is 15.4 Å². The van der Waals surface area contributed by atoms with E-state index in [9.17, 15) is 4.79 Å². The van der Waals surface area contributed by atoms with E-state index in [2.05, 4.69) is 10.6 Å². The molecule has 1 saturated heterocycles. The highest BCUT2D eigenvalue weighted by molar-refractivity contribution is 7.10. The second kappa shape index (κ2) is 6.14. The van der Waals surface area contributed by atoms with Crippen LogP contribution >= 0.6 is 11.3 Å². The van der Waals surface area contributed by atoms with Crippen LogP contribution in [-0.2, 0) is 16.1 Å². The lowest BCUT2D eigenvalue weighted by Crippen LogP contribution is -2.34. The third-order valence-electron chi connectivity index (χ3n) is 2.83. The zero-order valence-electron chi connectivity index (χ0n) is 9.99. The van der Waals surface area contributed by atoms with Crippen LogP contribution < -0.4 is 10.6 Å². The van der Waals surface area contributed by atoms with Crippen LogP contribution in [0.15, 0.2) is 11.4 Å². The van der Waals surface area contributed by atoms with Gasteiger partial charge in [0.1, 0.15) is 0 Å². The van der Waals surface area contributed by atoms with Crippen LogP contribution in [0.3, 0.4) is 0 Å². The molecular formula is C12H18N2O2S. The Morgan fingerprint density at radius 2 is 2.29 bits per heavy atom. The topological polar surface area (TPSA) is 50.4 Å².